The highest BCUT2D eigenvalue weighted by atomic mass is 16.5. The SMILES string of the molecule is COc1ccc(C(=O)N[C@H]2CC3(CCCC3)Oc3ccccc32)cc1OCCN. The molecular formula is C23H28N2O4. The van der Waals surface area contributed by atoms with Crippen molar-refractivity contribution in [2.24, 2.45) is 5.73 Å². The van der Waals surface area contributed by atoms with Gasteiger partial charge in [0, 0.05) is 24.1 Å². The minimum Gasteiger partial charge on any atom is -0.493 e. The maximum atomic E-state index is 13.1. The number of hydrogen-bond acceptors (Lipinski definition) is 5. The molecule has 1 amide bonds. The largest absolute Gasteiger partial charge is 0.493 e. The van der Waals surface area contributed by atoms with Crippen molar-refractivity contribution >= 4 is 5.91 Å². The Hall–Kier alpha value is -2.73. The third kappa shape index (κ3) is 4.03. The van der Waals surface area contributed by atoms with Gasteiger partial charge in [0.15, 0.2) is 11.5 Å². The van der Waals surface area contributed by atoms with Crippen LogP contribution >= 0.6 is 0 Å². The lowest BCUT2D eigenvalue weighted by Gasteiger charge is -2.40. The molecule has 3 N–H and O–H groups in total. The number of hydrogen-bond donors (Lipinski definition) is 2. The average Bonchev–Trinajstić information content (AvgIpc) is 3.19. The second kappa shape index (κ2) is 8.33. The fourth-order valence-electron chi connectivity index (χ4n) is 4.41. The van der Waals surface area contributed by atoms with Crippen molar-refractivity contribution in [1.29, 1.82) is 0 Å². The molecule has 2 aromatic rings. The number of methoxy groups -OCH3 is 1. The zero-order chi connectivity index (χ0) is 20.3. The van der Waals surface area contributed by atoms with E-state index in [1.54, 1.807) is 25.3 Å². The summed E-state index contributed by atoms with van der Waals surface area (Å²) in [5.74, 6) is 1.84. The number of benzene rings is 2. The second-order valence-corrected chi connectivity index (χ2v) is 7.76. The number of fused-ring (bicyclic) bond motifs is 1. The Morgan fingerprint density at radius 3 is 2.76 bits per heavy atom. The number of carbonyl (C=O) groups excluding carboxylic acids is 1. The summed E-state index contributed by atoms with van der Waals surface area (Å²) in [6, 6.07) is 13.1. The Morgan fingerprint density at radius 1 is 1.21 bits per heavy atom. The van der Waals surface area contributed by atoms with Crippen LogP contribution < -0.4 is 25.3 Å². The van der Waals surface area contributed by atoms with Gasteiger partial charge >= 0.3 is 0 Å². The van der Waals surface area contributed by atoms with Gasteiger partial charge in [0.25, 0.3) is 5.91 Å². The van der Waals surface area contributed by atoms with Crippen molar-refractivity contribution in [1.82, 2.24) is 5.32 Å². The van der Waals surface area contributed by atoms with Gasteiger partial charge in [-0.2, -0.15) is 0 Å². The van der Waals surface area contributed by atoms with Crippen molar-refractivity contribution < 1.29 is 19.0 Å². The predicted molar refractivity (Wildman–Crippen MR) is 111 cm³/mol. The zero-order valence-corrected chi connectivity index (χ0v) is 16.8. The van der Waals surface area contributed by atoms with E-state index in [1.807, 2.05) is 24.3 Å². The highest BCUT2D eigenvalue weighted by Crippen LogP contribution is 2.47. The van der Waals surface area contributed by atoms with Gasteiger partial charge in [-0.15, -0.1) is 0 Å². The number of amides is 1. The van der Waals surface area contributed by atoms with Crippen molar-refractivity contribution in [2.45, 2.75) is 43.7 Å². The number of para-hydroxylation sites is 1. The molecule has 1 heterocycles. The van der Waals surface area contributed by atoms with Gasteiger partial charge < -0.3 is 25.3 Å². The van der Waals surface area contributed by atoms with Crippen LogP contribution in [0.25, 0.3) is 0 Å². The summed E-state index contributed by atoms with van der Waals surface area (Å²) < 4.78 is 17.4. The van der Waals surface area contributed by atoms with Crippen LogP contribution in [0.5, 0.6) is 17.2 Å². The first-order chi connectivity index (χ1) is 14.1. The third-order valence-electron chi connectivity index (χ3n) is 5.82. The molecule has 0 unspecified atom stereocenters. The molecule has 1 aliphatic carbocycles. The summed E-state index contributed by atoms with van der Waals surface area (Å²) >= 11 is 0. The number of rotatable bonds is 6. The molecule has 154 valence electrons. The first-order valence-corrected chi connectivity index (χ1v) is 10.2. The fraction of sp³-hybridized carbons (Fsp3) is 0.435. The van der Waals surface area contributed by atoms with E-state index in [9.17, 15) is 4.79 Å². The second-order valence-electron chi connectivity index (χ2n) is 7.76. The topological polar surface area (TPSA) is 82.8 Å². The van der Waals surface area contributed by atoms with Gasteiger partial charge in [-0.3, -0.25) is 4.79 Å². The molecule has 29 heavy (non-hydrogen) atoms. The molecule has 6 nitrogen and oxygen atoms in total. The Labute approximate surface area is 171 Å². The first-order valence-electron chi connectivity index (χ1n) is 10.2. The predicted octanol–water partition coefficient (Wildman–Crippen LogP) is 3.60. The minimum atomic E-state index is -0.165. The van der Waals surface area contributed by atoms with E-state index in [0.717, 1.165) is 30.6 Å². The molecule has 4 rings (SSSR count). The molecule has 0 bridgehead atoms. The number of nitrogens with two attached hydrogens (primary N) is 1. The van der Waals surface area contributed by atoms with Crippen LogP contribution in [0.2, 0.25) is 0 Å². The normalized spacial score (nSPS) is 19.3. The molecule has 1 spiro atoms. The van der Waals surface area contributed by atoms with Gasteiger partial charge in [-0.1, -0.05) is 18.2 Å². The smallest absolute Gasteiger partial charge is 0.251 e. The van der Waals surface area contributed by atoms with E-state index in [4.69, 9.17) is 19.9 Å². The van der Waals surface area contributed by atoms with E-state index in [2.05, 4.69) is 5.32 Å². The Kier molecular flexibility index (Phi) is 5.62. The minimum absolute atomic E-state index is 0.0824. The Balaban J connectivity index is 1.57. The monoisotopic (exact) mass is 396 g/mol. The van der Waals surface area contributed by atoms with E-state index in [1.165, 1.54) is 12.8 Å². The van der Waals surface area contributed by atoms with Crippen LogP contribution in [-0.4, -0.2) is 31.8 Å². The van der Waals surface area contributed by atoms with Gasteiger partial charge in [-0.25, -0.2) is 0 Å². The van der Waals surface area contributed by atoms with Gasteiger partial charge in [0.2, 0.25) is 0 Å². The van der Waals surface area contributed by atoms with Crippen LogP contribution in [-0.2, 0) is 0 Å². The van der Waals surface area contributed by atoms with E-state index >= 15 is 0 Å². The molecule has 2 aliphatic rings. The average molecular weight is 396 g/mol. The summed E-state index contributed by atoms with van der Waals surface area (Å²) in [5.41, 5.74) is 6.93. The summed E-state index contributed by atoms with van der Waals surface area (Å²) in [6.45, 7) is 0.748. The molecule has 1 saturated carbocycles. The van der Waals surface area contributed by atoms with E-state index in [-0.39, 0.29) is 17.6 Å². The van der Waals surface area contributed by atoms with Crippen molar-refractivity contribution in [2.75, 3.05) is 20.3 Å². The summed E-state index contributed by atoms with van der Waals surface area (Å²) in [6.07, 6.45) is 5.20. The van der Waals surface area contributed by atoms with E-state index in [0.29, 0.717) is 30.2 Å². The molecule has 1 aliphatic heterocycles. The van der Waals surface area contributed by atoms with Crippen molar-refractivity contribution in [3.05, 3.63) is 53.6 Å². The van der Waals surface area contributed by atoms with Crippen LogP contribution in [0.4, 0.5) is 0 Å². The Morgan fingerprint density at radius 2 is 2.00 bits per heavy atom. The van der Waals surface area contributed by atoms with Crippen molar-refractivity contribution in [3.63, 3.8) is 0 Å². The number of ether oxygens (including phenoxy) is 3. The van der Waals surface area contributed by atoms with Crippen molar-refractivity contribution in [3.8, 4) is 17.2 Å². The Bertz CT molecular complexity index is 877. The van der Waals surface area contributed by atoms with Crippen LogP contribution in [0, 0.1) is 0 Å². The van der Waals surface area contributed by atoms with Crippen LogP contribution in [0.15, 0.2) is 42.5 Å². The molecular weight excluding hydrogens is 368 g/mol. The number of nitrogens with one attached hydrogen (secondary N) is 1. The lowest BCUT2D eigenvalue weighted by Crippen LogP contribution is -2.43. The highest BCUT2D eigenvalue weighted by molar-refractivity contribution is 5.95. The highest BCUT2D eigenvalue weighted by Gasteiger charge is 2.43. The summed E-state index contributed by atoms with van der Waals surface area (Å²) in [4.78, 5) is 13.1. The summed E-state index contributed by atoms with van der Waals surface area (Å²) in [5, 5.41) is 3.22. The summed E-state index contributed by atoms with van der Waals surface area (Å²) in [7, 11) is 1.57. The molecule has 0 radical (unpaired) electrons. The molecule has 1 atom stereocenters. The third-order valence-corrected chi connectivity index (χ3v) is 5.82. The number of carbonyl (C=O) groups is 1. The molecule has 6 heteroatoms. The molecule has 0 aromatic heterocycles. The van der Waals surface area contributed by atoms with Crippen LogP contribution in [0.3, 0.4) is 0 Å². The zero-order valence-electron chi connectivity index (χ0n) is 16.8. The maximum absolute atomic E-state index is 13.1. The van der Waals surface area contributed by atoms with Gasteiger partial charge in [0.05, 0.1) is 13.2 Å². The maximum Gasteiger partial charge on any atom is 0.251 e. The molecule has 0 saturated heterocycles. The standard InChI is InChI=1S/C23H28N2O4/c1-27-20-9-8-16(14-21(20)28-13-12-24)22(26)25-18-15-23(10-4-5-11-23)29-19-7-3-2-6-17(18)19/h2-3,6-9,14,18H,4-5,10-13,15,24H2,1H3,(H,25,26)/t18-/m0/s1. The van der Waals surface area contributed by atoms with Crippen LogP contribution in [0.1, 0.15) is 54.1 Å². The fourth-order valence-corrected chi connectivity index (χ4v) is 4.41. The quantitative estimate of drug-likeness (QED) is 0.780. The van der Waals surface area contributed by atoms with Gasteiger partial charge in [0.1, 0.15) is 18.0 Å². The first kappa shape index (κ1) is 19.6. The lowest BCUT2D eigenvalue weighted by atomic mass is 9.86. The molecule has 2 aromatic carbocycles. The van der Waals surface area contributed by atoms with Gasteiger partial charge in [-0.05, 0) is 49.9 Å². The molecule has 1 fully saturated rings. The lowest BCUT2D eigenvalue weighted by molar-refractivity contribution is 0.0360. The van der Waals surface area contributed by atoms with E-state index < -0.39 is 0 Å².